The SMILES string of the molecule is CC(C)[C@H](NC(=O)[C@H](Cc1ccccc1)NC(=O)[C@@H](N)CO)C(=O)N[C@@H](Cc1ccccc1)[C@H](O)[C@H](O)[C@H](Cc1ccccc1)NC(=O)[C@@H](NC(=O)[C@H](Cc1ccccc1)NC(=O)[C@@H](N)CO)C(C)C. The number of aliphatic hydroxyl groups excluding tert-OH is 4. The minimum absolute atomic E-state index is 0.000444. The van der Waals surface area contributed by atoms with Gasteiger partial charge in [0, 0.05) is 12.8 Å². The standard InChI is InChI=1S/C52H70N8O10/c1-31(2)43(59-49(67)41(57-47(65)37(53)29-61)27-35-21-13-7-14-22-35)51(69)55-39(25-33-17-9-5-10-18-33)45(63)46(64)40(26-34-19-11-6-12-20-34)56-52(70)44(32(3)4)60-50(68)42(58-48(66)38(54)30-62)28-36-23-15-8-16-24-36/h5-24,31-32,37-46,61-64H,25-30,53-54H2,1-4H3,(H,55,69)(H,56,70)(H,57,65)(H,58,66)(H,59,67)(H,60,68)/t37-,38-,39-,40-,41-,42-,43-,44-,45-,46+/m0/s1. The molecule has 0 aliphatic carbocycles. The van der Waals surface area contributed by atoms with E-state index in [2.05, 4.69) is 31.9 Å². The summed E-state index contributed by atoms with van der Waals surface area (Å²) in [6, 6.07) is 25.6. The van der Waals surface area contributed by atoms with Gasteiger partial charge in [-0.1, -0.05) is 149 Å². The molecule has 378 valence electrons. The summed E-state index contributed by atoms with van der Waals surface area (Å²) in [5, 5.41) is 59.8. The fraction of sp³-hybridized carbons (Fsp3) is 0.423. The van der Waals surface area contributed by atoms with Crippen molar-refractivity contribution >= 4 is 35.4 Å². The molecule has 0 radical (unpaired) electrons. The zero-order chi connectivity index (χ0) is 51.3. The molecule has 10 atom stereocenters. The summed E-state index contributed by atoms with van der Waals surface area (Å²) in [7, 11) is 0. The lowest BCUT2D eigenvalue weighted by atomic mass is 9.90. The highest BCUT2D eigenvalue weighted by Gasteiger charge is 2.39. The normalized spacial score (nSPS) is 15.7. The van der Waals surface area contributed by atoms with E-state index in [1.807, 2.05) is 0 Å². The van der Waals surface area contributed by atoms with Gasteiger partial charge in [0.05, 0.1) is 25.3 Å². The van der Waals surface area contributed by atoms with E-state index in [1.165, 1.54) is 0 Å². The molecule has 0 unspecified atom stereocenters. The maximum Gasteiger partial charge on any atom is 0.243 e. The van der Waals surface area contributed by atoms with Crippen LogP contribution in [0.25, 0.3) is 0 Å². The van der Waals surface area contributed by atoms with Crippen molar-refractivity contribution in [2.45, 2.75) is 114 Å². The van der Waals surface area contributed by atoms with E-state index in [0.29, 0.717) is 22.3 Å². The van der Waals surface area contributed by atoms with Crippen LogP contribution in [0.2, 0.25) is 0 Å². The van der Waals surface area contributed by atoms with Gasteiger partial charge in [-0.05, 0) is 46.9 Å². The Hall–Kier alpha value is -6.54. The molecule has 14 N–H and O–H groups in total. The van der Waals surface area contributed by atoms with Crippen molar-refractivity contribution in [2.24, 2.45) is 23.3 Å². The molecule has 0 saturated carbocycles. The number of rotatable bonds is 27. The van der Waals surface area contributed by atoms with Gasteiger partial charge in [-0.3, -0.25) is 28.8 Å². The first kappa shape index (κ1) is 56.1. The van der Waals surface area contributed by atoms with Gasteiger partial charge in [-0.25, -0.2) is 0 Å². The smallest absolute Gasteiger partial charge is 0.243 e. The zero-order valence-corrected chi connectivity index (χ0v) is 40.1. The summed E-state index contributed by atoms with van der Waals surface area (Å²) in [6.07, 6.45) is -3.43. The number of aliphatic hydroxyl groups is 4. The third-order valence-electron chi connectivity index (χ3n) is 11.8. The van der Waals surface area contributed by atoms with Gasteiger partial charge in [-0.2, -0.15) is 0 Å². The predicted molar refractivity (Wildman–Crippen MR) is 264 cm³/mol. The van der Waals surface area contributed by atoms with Crippen LogP contribution < -0.4 is 43.4 Å². The molecule has 0 aliphatic rings. The average Bonchev–Trinajstić information content (AvgIpc) is 3.36. The van der Waals surface area contributed by atoms with Crippen molar-refractivity contribution in [1.29, 1.82) is 0 Å². The molecule has 4 aromatic rings. The van der Waals surface area contributed by atoms with E-state index >= 15 is 0 Å². The lowest BCUT2D eigenvalue weighted by molar-refractivity contribution is -0.135. The summed E-state index contributed by atoms with van der Waals surface area (Å²) in [5.41, 5.74) is 14.3. The summed E-state index contributed by atoms with van der Waals surface area (Å²) in [6.45, 7) is 5.47. The van der Waals surface area contributed by atoms with Crippen molar-refractivity contribution in [3.05, 3.63) is 144 Å². The van der Waals surface area contributed by atoms with Crippen molar-refractivity contribution in [2.75, 3.05) is 13.2 Å². The van der Waals surface area contributed by atoms with Gasteiger partial charge < -0.3 is 63.8 Å². The minimum Gasteiger partial charge on any atom is -0.394 e. The van der Waals surface area contributed by atoms with E-state index in [1.54, 1.807) is 149 Å². The average molecular weight is 967 g/mol. The molecule has 0 heterocycles. The third kappa shape index (κ3) is 17.5. The van der Waals surface area contributed by atoms with Crippen LogP contribution in [0.4, 0.5) is 0 Å². The van der Waals surface area contributed by atoms with Crippen molar-refractivity contribution in [1.82, 2.24) is 31.9 Å². The lowest BCUT2D eigenvalue weighted by Gasteiger charge is -2.35. The Labute approximate surface area is 409 Å². The van der Waals surface area contributed by atoms with Crippen LogP contribution >= 0.6 is 0 Å². The molecule has 0 fully saturated rings. The van der Waals surface area contributed by atoms with Crippen LogP contribution in [-0.4, -0.2) is 130 Å². The number of nitrogens with two attached hydrogens (primary N) is 2. The number of hydrogen-bond acceptors (Lipinski definition) is 12. The number of nitrogens with one attached hydrogen (secondary N) is 6. The Kier molecular flexibility index (Phi) is 22.6. The van der Waals surface area contributed by atoms with Crippen molar-refractivity contribution in [3.63, 3.8) is 0 Å². The molecule has 0 spiro atoms. The van der Waals surface area contributed by atoms with Gasteiger partial charge >= 0.3 is 0 Å². The second-order valence-corrected chi connectivity index (χ2v) is 18.1. The molecule has 70 heavy (non-hydrogen) atoms. The van der Waals surface area contributed by atoms with Gasteiger partial charge in [0.25, 0.3) is 0 Å². The number of carbonyl (C=O) groups is 6. The van der Waals surface area contributed by atoms with E-state index in [0.717, 1.165) is 0 Å². The number of hydrogen-bond donors (Lipinski definition) is 12. The van der Waals surface area contributed by atoms with Crippen LogP contribution in [0.3, 0.4) is 0 Å². The number of benzene rings is 4. The van der Waals surface area contributed by atoms with E-state index < -0.39 is 121 Å². The Balaban J connectivity index is 1.63. The molecule has 0 aromatic heterocycles. The lowest BCUT2D eigenvalue weighted by Crippen LogP contribution is -2.63. The number of carbonyl (C=O) groups excluding carboxylic acids is 6. The highest BCUT2D eigenvalue weighted by Crippen LogP contribution is 2.18. The van der Waals surface area contributed by atoms with Crippen molar-refractivity contribution in [3.8, 4) is 0 Å². The quantitative estimate of drug-likeness (QED) is 0.0362. The molecule has 18 nitrogen and oxygen atoms in total. The van der Waals surface area contributed by atoms with Gasteiger partial charge in [-0.15, -0.1) is 0 Å². The van der Waals surface area contributed by atoms with Crippen LogP contribution in [0.1, 0.15) is 49.9 Å². The Morgan fingerprint density at radius 2 is 0.671 bits per heavy atom. The van der Waals surface area contributed by atoms with Crippen LogP contribution in [0, 0.1) is 11.8 Å². The second-order valence-electron chi connectivity index (χ2n) is 18.1. The van der Waals surface area contributed by atoms with Gasteiger partial charge in [0.1, 0.15) is 48.5 Å². The third-order valence-corrected chi connectivity index (χ3v) is 11.8. The van der Waals surface area contributed by atoms with E-state index in [9.17, 15) is 49.2 Å². The van der Waals surface area contributed by atoms with Crippen LogP contribution in [0.5, 0.6) is 0 Å². The maximum absolute atomic E-state index is 14.4. The Bertz CT molecular complexity index is 2100. The van der Waals surface area contributed by atoms with E-state index in [-0.39, 0.29) is 25.7 Å². The largest absolute Gasteiger partial charge is 0.394 e. The first-order chi connectivity index (χ1) is 33.4. The second kappa shape index (κ2) is 28.2. The zero-order valence-electron chi connectivity index (χ0n) is 40.1. The molecule has 0 saturated heterocycles. The molecule has 4 rings (SSSR count). The van der Waals surface area contributed by atoms with Crippen LogP contribution in [-0.2, 0) is 54.5 Å². The fourth-order valence-corrected chi connectivity index (χ4v) is 7.69. The molecule has 4 aromatic carbocycles. The highest BCUT2D eigenvalue weighted by molar-refractivity contribution is 5.94. The minimum atomic E-state index is -1.75. The summed E-state index contributed by atoms with van der Waals surface area (Å²) in [5.74, 6) is -5.46. The van der Waals surface area contributed by atoms with Gasteiger partial charge in [0.15, 0.2) is 0 Å². The summed E-state index contributed by atoms with van der Waals surface area (Å²) >= 11 is 0. The highest BCUT2D eigenvalue weighted by atomic mass is 16.3. The Morgan fingerprint density at radius 1 is 0.400 bits per heavy atom. The van der Waals surface area contributed by atoms with Gasteiger partial charge in [0.2, 0.25) is 35.4 Å². The fourth-order valence-electron chi connectivity index (χ4n) is 7.69. The topological polar surface area (TPSA) is 308 Å². The maximum atomic E-state index is 14.4. The Morgan fingerprint density at radius 3 is 0.929 bits per heavy atom. The molecular formula is C52H70N8O10. The van der Waals surface area contributed by atoms with E-state index in [4.69, 9.17) is 11.5 Å². The molecule has 18 heteroatoms. The monoisotopic (exact) mass is 967 g/mol. The molecule has 0 bridgehead atoms. The first-order valence-electron chi connectivity index (χ1n) is 23.5. The van der Waals surface area contributed by atoms with Crippen LogP contribution in [0.15, 0.2) is 121 Å². The predicted octanol–water partition coefficient (Wildman–Crippen LogP) is -0.461. The summed E-state index contributed by atoms with van der Waals surface area (Å²) in [4.78, 5) is 82.4. The first-order valence-corrected chi connectivity index (χ1v) is 23.5. The summed E-state index contributed by atoms with van der Waals surface area (Å²) < 4.78 is 0. The molecule has 6 amide bonds. The number of amides is 6. The van der Waals surface area contributed by atoms with Crippen molar-refractivity contribution < 1.29 is 49.2 Å². The molecular weight excluding hydrogens is 897 g/mol. The molecule has 0 aliphatic heterocycles.